The molecule has 134 valence electrons. The molecule has 2 heterocycles. The second-order valence-electron chi connectivity index (χ2n) is 6.25. The molecule has 2 aromatic rings. The highest BCUT2D eigenvalue weighted by atomic mass is 35.5. The molecule has 0 aliphatic carbocycles. The van der Waals surface area contributed by atoms with Crippen LogP contribution >= 0.6 is 23.2 Å². The van der Waals surface area contributed by atoms with Gasteiger partial charge < -0.3 is 16.0 Å². The lowest BCUT2D eigenvalue weighted by molar-refractivity contribution is 0.609. The summed E-state index contributed by atoms with van der Waals surface area (Å²) < 4.78 is 0. The van der Waals surface area contributed by atoms with E-state index in [9.17, 15) is 0 Å². The molecule has 1 aromatic heterocycles. The summed E-state index contributed by atoms with van der Waals surface area (Å²) in [6.45, 7) is 4.00. The zero-order valence-corrected chi connectivity index (χ0v) is 15.8. The standard InChI is InChI=1S/C17H22Cl2N6/c1-10(12-5-4-11(18)8-13(12)19)22-14-9-15(25-6-3-7-25)23-17(16(14)20)24(2)21/h4-5,8-10H,3,6-7,20-21H2,1-2H3,(H,22,23). The molecule has 1 unspecified atom stereocenters. The van der Waals surface area contributed by atoms with E-state index in [2.05, 4.69) is 15.2 Å². The highest BCUT2D eigenvalue weighted by molar-refractivity contribution is 6.35. The number of nitrogens with two attached hydrogens (primary N) is 2. The number of rotatable bonds is 5. The van der Waals surface area contributed by atoms with E-state index < -0.39 is 0 Å². The number of hydrogen-bond donors (Lipinski definition) is 3. The Hall–Kier alpha value is -1.89. The SMILES string of the molecule is CC(Nc1cc(N2CCC2)nc(N(C)N)c1N)c1ccc(Cl)cc1Cl. The minimum atomic E-state index is -0.0605. The van der Waals surface area contributed by atoms with Crippen molar-refractivity contribution in [1.29, 1.82) is 0 Å². The van der Waals surface area contributed by atoms with Crippen molar-refractivity contribution >= 4 is 46.2 Å². The summed E-state index contributed by atoms with van der Waals surface area (Å²) in [5, 5.41) is 6.08. The summed E-state index contributed by atoms with van der Waals surface area (Å²) in [5.41, 5.74) is 8.51. The number of nitrogen functional groups attached to an aromatic ring is 1. The average Bonchev–Trinajstić information content (AvgIpc) is 2.48. The molecule has 25 heavy (non-hydrogen) atoms. The van der Waals surface area contributed by atoms with E-state index >= 15 is 0 Å². The van der Waals surface area contributed by atoms with Gasteiger partial charge in [0.2, 0.25) is 0 Å². The van der Waals surface area contributed by atoms with Crippen LogP contribution in [0.1, 0.15) is 24.9 Å². The van der Waals surface area contributed by atoms with Gasteiger partial charge in [0.1, 0.15) is 5.82 Å². The number of hydrogen-bond acceptors (Lipinski definition) is 6. The number of pyridine rings is 1. The Labute approximate surface area is 157 Å². The van der Waals surface area contributed by atoms with Gasteiger partial charge in [-0.25, -0.2) is 10.8 Å². The first-order valence-electron chi connectivity index (χ1n) is 8.12. The maximum atomic E-state index is 6.32. The van der Waals surface area contributed by atoms with Gasteiger partial charge in [-0.2, -0.15) is 0 Å². The van der Waals surface area contributed by atoms with Crippen LogP contribution in [0.5, 0.6) is 0 Å². The van der Waals surface area contributed by atoms with Crippen molar-refractivity contribution in [3.8, 4) is 0 Å². The van der Waals surface area contributed by atoms with Crippen molar-refractivity contribution in [3.05, 3.63) is 39.9 Å². The quantitative estimate of drug-likeness (QED) is 0.542. The van der Waals surface area contributed by atoms with Crippen molar-refractivity contribution in [1.82, 2.24) is 4.98 Å². The molecule has 0 radical (unpaired) electrons. The van der Waals surface area contributed by atoms with Crippen LogP contribution < -0.4 is 26.8 Å². The molecular formula is C17H22Cl2N6. The fourth-order valence-electron chi connectivity index (χ4n) is 2.79. The van der Waals surface area contributed by atoms with Gasteiger partial charge >= 0.3 is 0 Å². The van der Waals surface area contributed by atoms with Crippen LogP contribution in [0, 0.1) is 0 Å². The highest BCUT2D eigenvalue weighted by Gasteiger charge is 2.21. The second-order valence-corrected chi connectivity index (χ2v) is 7.09. The van der Waals surface area contributed by atoms with Crippen LogP contribution in [0.3, 0.4) is 0 Å². The van der Waals surface area contributed by atoms with Gasteiger partial charge in [0, 0.05) is 36.2 Å². The maximum Gasteiger partial charge on any atom is 0.170 e. The molecule has 1 aliphatic rings. The lowest BCUT2D eigenvalue weighted by atomic mass is 10.1. The van der Waals surface area contributed by atoms with Gasteiger partial charge in [-0.15, -0.1) is 0 Å². The molecule has 1 saturated heterocycles. The average molecular weight is 381 g/mol. The monoisotopic (exact) mass is 380 g/mol. The van der Waals surface area contributed by atoms with Gasteiger partial charge in [0.15, 0.2) is 5.82 Å². The zero-order chi connectivity index (χ0) is 18.1. The van der Waals surface area contributed by atoms with Gasteiger partial charge in [-0.05, 0) is 31.0 Å². The fraction of sp³-hybridized carbons (Fsp3) is 0.353. The Bertz CT molecular complexity index is 776. The van der Waals surface area contributed by atoms with Crippen LogP contribution in [0.2, 0.25) is 10.0 Å². The van der Waals surface area contributed by atoms with Gasteiger partial charge in [0.05, 0.1) is 17.4 Å². The Morgan fingerprint density at radius 2 is 2.00 bits per heavy atom. The lowest BCUT2D eigenvalue weighted by Gasteiger charge is -2.33. The Balaban J connectivity index is 1.93. The largest absolute Gasteiger partial charge is 0.394 e. The number of halogens is 2. The zero-order valence-electron chi connectivity index (χ0n) is 14.3. The minimum absolute atomic E-state index is 0.0605. The summed E-state index contributed by atoms with van der Waals surface area (Å²) in [7, 11) is 1.72. The van der Waals surface area contributed by atoms with Crippen LogP contribution in [-0.4, -0.2) is 25.1 Å². The predicted molar refractivity (Wildman–Crippen MR) is 107 cm³/mol. The van der Waals surface area contributed by atoms with E-state index in [4.69, 9.17) is 34.8 Å². The van der Waals surface area contributed by atoms with Gasteiger partial charge in [0.25, 0.3) is 0 Å². The van der Waals surface area contributed by atoms with Gasteiger partial charge in [-0.3, -0.25) is 5.01 Å². The summed E-state index contributed by atoms with van der Waals surface area (Å²) in [5.74, 6) is 7.31. The first kappa shape index (κ1) is 17.9. The molecule has 0 spiro atoms. The summed E-state index contributed by atoms with van der Waals surface area (Å²) in [6.07, 6.45) is 1.17. The lowest BCUT2D eigenvalue weighted by Crippen LogP contribution is -2.38. The number of hydrazine groups is 1. The van der Waals surface area contributed by atoms with Crippen molar-refractivity contribution < 1.29 is 0 Å². The number of nitrogens with zero attached hydrogens (tertiary/aromatic N) is 3. The molecule has 5 N–H and O–H groups in total. The first-order valence-corrected chi connectivity index (χ1v) is 8.87. The number of nitrogens with one attached hydrogen (secondary N) is 1. The molecule has 1 atom stereocenters. The molecule has 0 amide bonds. The van der Waals surface area contributed by atoms with E-state index in [1.165, 1.54) is 11.4 Å². The molecule has 6 nitrogen and oxygen atoms in total. The number of anilines is 4. The number of benzene rings is 1. The normalized spacial score (nSPS) is 14.8. The van der Waals surface area contributed by atoms with E-state index in [0.29, 0.717) is 21.6 Å². The minimum Gasteiger partial charge on any atom is -0.394 e. The van der Waals surface area contributed by atoms with Crippen LogP contribution in [0.25, 0.3) is 0 Å². The van der Waals surface area contributed by atoms with Crippen molar-refractivity contribution in [2.75, 3.05) is 41.1 Å². The summed E-state index contributed by atoms with van der Waals surface area (Å²) >= 11 is 12.3. The molecule has 1 aliphatic heterocycles. The maximum absolute atomic E-state index is 6.32. The number of aromatic nitrogens is 1. The summed E-state index contributed by atoms with van der Waals surface area (Å²) in [6, 6.07) is 7.36. The molecule has 0 bridgehead atoms. The van der Waals surface area contributed by atoms with Gasteiger partial charge in [-0.1, -0.05) is 29.3 Å². The third kappa shape index (κ3) is 3.71. The van der Waals surface area contributed by atoms with E-state index in [-0.39, 0.29) is 6.04 Å². The Kier molecular flexibility index (Phi) is 5.13. The second kappa shape index (κ2) is 7.15. The Morgan fingerprint density at radius 3 is 2.56 bits per heavy atom. The predicted octanol–water partition coefficient (Wildman–Crippen LogP) is 3.66. The molecule has 1 aromatic carbocycles. The molecule has 8 heteroatoms. The molecular weight excluding hydrogens is 359 g/mol. The van der Waals surface area contributed by atoms with Crippen molar-refractivity contribution in [2.45, 2.75) is 19.4 Å². The van der Waals surface area contributed by atoms with Crippen LogP contribution in [-0.2, 0) is 0 Å². The van der Waals surface area contributed by atoms with E-state index in [1.54, 1.807) is 13.1 Å². The molecule has 1 fully saturated rings. The van der Waals surface area contributed by atoms with Crippen molar-refractivity contribution in [2.24, 2.45) is 5.84 Å². The topological polar surface area (TPSA) is 83.4 Å². The first-order chi connectivity index (χ1) is 11.9. The van der Waals surface area contributed by atoms with Crippen molar-refractivity contribution in [3.63, 3.8) is 0 Å². The van der Waals surface area contributed by atoms with Crippen LogP contribution in [0.4, 0.5) is 23.0 Å². The highest BCUT2D eigenvalue weighted by Crippen LogP contribution is 2.36. The van der Waals surface area contributed by atoms with E-state index in [0.717, 1.165) is 30.2 Å². The third-order valence-electron chi connectivity index (χ3n) is 4.34. The smallest absolute Gasteiger partial charge is 0.170 e. The van der Waals surface area contributed by atoms with Crippen LogP contribution in [0.15, 0.2) is 24.3 Å². The molecule has 3 rings (SSSR count). The Morgan fingerprint density at radius 1 is 1.28 bits per heavy atom. The van der Waals surface area contributed by atoms with E-state index in [1.807, 2.05) is 25.1 Å². The fourth-order valence-corrected chi connectivity index (χ4v) is 3.36. The molecule has 0 saturated carbocycles. The summed E-state index contributed by atoms with van der Waals surface area (Å²) in [4.78, 5) is 6.77. The third-order valence-corrected chi connectivity index (χ3v) is 4.90.